The van der Waals surface area contributed by atoms with E-state index < -0.39 is 11.9 Å². The number of piperidine rings is 1. The Morgan fingerprint density at radius 3 is 2.58 bits per heavy atom. The van der Waals surface area contributed by atoms with E-state index in [0.29, 0.717) is 17.9 Å². The van der Waals surface area contributed by atoms with E-state index in [-0.39, 0.29) is 18.2 Å². The van der Waals surface area contributed by atoms with Crippen LogP contribution in [0.25, 0.3) is 0 Å². The third-order valence-electron chi connectivity index (χ3n) is 4.77. The smallest absolute Gasteiger partial charge is 0.259 e. The lowest BCUT2D eigenvalue weighted by Crippen LogP contribution is -2.53. The molecule has 5 heteroatoms. The lowest BCUT2D eigenvalue weighted by atomic mass is 9.96. The van der Waals surface area contributed by atoms with Gasteiger partial charge in [0.05, 0.1) is 0 Å². The quantitative estimate of drug-likeness (QED) is 0.819. The fourth-order valence-corrected chi connectivity index (χ4v) is 3.29. The van der Waals surface area contributed by atoms with Crippen LogP contribution in [0.15, 0.2) is 30.0 Å². The monoisotopic (exact) mass is 356 g/mol. The third-order valence-corrected chi connectivity index (χ3v) is 4.77. The molecule has 5 nitrogen and oxygen atoms in total. The van der Waals surface area contributed by atoms with Gasteiger partial charge in [0, 0.05) is 17.7 Å². The van der Waals surface area contributed by atoms with Crippen LogP contribution in [0.3, 0.4) is 0 Å². The minimum Gasteiger partial charge on any atom is -0.300 e. The molecule has 1 heterocycles. The van der Waals surface area contributed by atoms with Crippen LogP contribution in [0.1, 0.15) is 74.4 Å². The van der Waals surface area contributed by atoms with Gasteiger partial charge in [0.1, 0.15) is 6.04 Å². The van der Waals surface area contributed by atoms with E-state index in [1.807, 2.05) is 45.0 Å². The summed E-state index contributed by atoms with van der Waals surface area (Å²) in [6.45, 7) is 9.96. The number of hydrogen-bond acceptors (Lipinski definition) is 3. The van der Waals surface area contributed by atoms with E-state index in [2.05, 4.69) is 19.2 Å². The Morgan fingerprint density at radius 2 is 2.04 bits per heavy atom. The first-order valence-electron chi connectivity index (χ1n) is 9.20. The molecule has 1 saturated heterocycles. The van der Waals surface area contributed by atoms with Crippen molar-refractivity contribution in [2.45, 2.75) is 65.8 Å². The van der Waals surface area contributed by atoms with Gasteiger partial charge in [-0.05, 0) is 49.8 Å². The summed E-state index contributed by atoms with van der Waals surface area (Å²) in [5, 5.41) is 2.35. The van der Waals surface area contributed by atoms with Crippen molar-refractivity contribution in [3.8, 4) is 0 Å². The second-order valence-electron chi connectivity index (χ2n) is 7.12. The van der Waals surface area contributed by atoms with E-state index in [4.69, 9.17) is 0 Å². The van der Waals surface area contributed by atoms with E-state index in [9.17, 15) is 14.4 Å². The molecule has 0 aromatic heterocycles. The summed E-state index contributed by atoms with van der Waals surface area (Å²) in [7, 11) is 0. The Kier molecular flexibility index (Phi) is 6.35. The van der Waals surface area contributed by atoms with Gasteiger partial charge in [0.15, 0.2) is 0 Å². The van der Waals surface area contributed by atoms with Gasteiger partial charge in [-0.1, -0.05) is 39.0 Å². The Bertz CT molecular complexity index is 750. The van der Waals surface area contributed by atoms with Crippen molar-refractivity contribution < 1.29 is 14.4 Å². The van der Waals surface area contributed by atoms with Gasteiger partial charge in [0.2, 0.25) is 11.8 Å². The first-order valence-corrected chi connectivity index (χ1v) is 9.20. The SMILES string of the molecule is CC/C=C(\C)N(C(=O)c1ccc(C(C)C)cc1C)C1CCC(=O)NC1=O. The van der Waals surface area contributed by atoms with Crippen molar-refractivity contribution in [2.75, 3.05) is 0 Å². The van der Waals surface area contributed by atoms with Gasteiger partial charge in [-0.15, -0.1) is 0 Å². The summed E-state index contributed by atoms with van der Waals surface area (Å²) in [5.74, 6) is -0.511. The van der Waals surface area contributed by atoms with Crippen molar-refractivity contribution >= 4 is 17.7 Å². The Morgan fingerprint density at radius 1 is 1.35 bits per heavy atom. The van der Waals surface area contributed by atoms with Crippen molar-refractivity contribution in [1.82, 2.24) is 10.2 Å². The molecule has 1 aromatic carbocycles. The zero-order valence-corrected chi connectivity index (χ0v) is 16.3. The topological polar surface area (TPSA) is 66.5 Å². The number of amides is 3. The van der Waals surface area contributed by atoms with Crippen LogP contribution in [-0.2, 0) is 9.59 Å². The highest BCUT2D eigenvalue weighted by Crippen LogP contribution is 2.24. The summed E-state index contributed by atoms with van der Waals surface area (Å²) >= 11 is 0. The Balaban J connectivity index is 2.42. The maximum Gasteiger partial charge on any atom is 0.259 e. The number of aryl methyl sites for hydroxylation is 1. The number of imide groups is 1. The molecular weight excluding hydrogens is 328 g/mol. The van der Waals surface area contributed by atoms with Crippen LogP contribution in [0.4, 0.5) is 0 Å². The van der Waals surface area contributed by atoms with Crippen LogP contribution in [-0.4, -0.2) is 28.7 Å². The molecule has 1 aliphatic heterocycles. The molecule has 1 aromatic rings. The molecule has 0 radical (unpaired) electrons. The fourth-order valence-electron chi connectivity index (χ4n) is 3.29. The first kappa shape index (κ1) is 19.9. The minimum atomic E-state index is -0.660. The van der Waals surface area contributed by atoms with Gasteiger partial charge in [-0.25, -0.2) is 0 Å². The normalized spacial score (nSPS) is 18.1. The minimum absolute atomic E-state index is 0.200. The van der Waals surface area contributed by atoms with Crippen LogP contribution >= 0.6 is 0 Å². The highest BCUT2D eigenvalue weighted by molar-refractivity contribution is 6.04. The highest BCUT2D eigenvalue weighted by atomic mass is 16.2. The molecule has 0 spiro atoms. The van der Waals surface area contributed by atoms with E-state index in [0.717, 1.165) is 17.7 Å². The molecule has 1 N–H and O–H groups in total. The van der Waals surface area contributed by atoms with E-state index in [1.165, 1.54) is 5.56 Å². The van der Waals surface area contributed by atoms with Crippen molar-refractivity contribution in [2.24, 2.45) is 0 Å². The molecule has 0 saturated carbocycles. The number of carbonyl (C=O) groups is 3. The van der Waals surface area contributed by atoms with Crippen LogP contribution in [0, 0.1) is 6.92 Å². The maximum atomic E-state index is 13.3. The Hall–Kier alpha value is -2.43. The fraction of sp³-hybridized carbons (Fsp3) is 0.476. The second-order valence-corrected chi connectivity index (χ2v) is 7.12. The van der Waals surface area contributed by atoms with Crippen molar-refractivity contribution in [1.29, 1.82) is 0 Å². The molecule has 140 valence electrons. The number of rotatable bonds is 5. The average molecular weight is 356 g/mol. The summed E-state index contributed by atoms with van der Waals surface area (Å²) in [6.07, 6.45) is 3.27. The van der Waals surface area contributed by atoms with Gasteiger partial charge >= 0.3 is 0 Å². The summed E-state index contributed by atoms with van der Waals surface area (Å²) in [4.78, 5) is 38.7. The number of benzene rings is 1. The molecular formula is C21H28N2O3. The molecule has 0 aliphatic carbocycles. The van der Waals surface area contributed by atoms with Crippen molar-refractivity contribution in [3.05, 3.63) is 46.7 Å². The van der Waals surface area contributed by atoms with E-state index in [1.54, 1.807) is 4.90 Å². The third kappa shape index (κ3) is 4.21. The van der Waals surface area contributed by atoms with Crippen molar-refractivity contribution in [3.63, 3.8) is 0 Å². The van der Waals surface area contributed by atoms with Crippen LogP contribution in [0.2, 0.25) is 0 Å². The predicted molar refractivity (Wildman–Crippen MR) is 102 cm³/mol. The molecule has 1 unspecified atom stereocenters. The van der Waals surface area contributed by atoms with Gasteiger partial charge in [0.25, 0.3) is 5.91 Å². The van der Waals surface area contributed by atoms with Crippen LogP contribution < -0.4 is 5.32 Å². The number of nitrogens with one attached hydrogen (secondary N) is 1. The predicted octanol–water partition coefficient (Wildman–Crippen LogP) is 3.68. The molecule has 26 heavy (non-hydrogen) atoms. The summed E-state index contributed by atoms with van der Waals surface area (Å²) in [6, 6.07) is 5.17. The molecule has 2 rings (SSSR count). The van der Waals surface area contributed by atoms with Gasteiger partial charge in [-0.3, -0.25) is 19.7 Å². The maximum absolute atomic E-state index is 13.3. The number of carbonyl (C=O) groups excluding carboxylic acids is 3. The lowest BCUT2D eigenvalue weighted by molar-refractivity contribution is -0.136. The standard InChI is InChI=1S/C21H28N2O3/c1-6-7-15(5)23(18-10-11-19(24)22-20(18)25)21(26)17-9-8-16(13(2)3)12-14(17)4/h7-9,12-13,18H,6,10-11H2,1-5H3,(H,22,24,25)/b15-7+. The lowest BCUT2D eigenvalue weighted by Gasteiger charge is -2.34. The molecule has 1 fully saturated rings. The largest absolute Gasteiger partial charge is 0.300 e. The number of nitrogens with zero attached hydrogens (tertiary/aromatic N) is 1. The number of hydrogen-bond donors (Lipinski definition) is 1. The zero-order valence-electron chi connectivity index (χ0n) is 16.3. The highest BCUT2D eigenvalue weighted by Gasteiger charge is 2.36. The summed E-state index contributed by atoms with van der Waals surface area (Å²) < 4.78 is 0. The summed E-state index contributed by atoms with van der Waals surface area (Å²) in [5.41, 5.74) is 3.39. The average Bonchev–Trinajstić information content (AvgIpc) is 2.57. The van der Waals surface area contributed by atoms with E-state index >= 15 is 0 Å². The molecule has 1 aliphatic rings. The second kappa shape index (κ2) is 8.30. The first-order chi connectivity index (χ1) is 12.3. The Labute approximate surface area is 155 Å². The molecule has 0 bridgehead atoms. The van der Waals surface area contributed by atoms with Gasteiger partial charge < -0.3 is 4.90 Å². The number of allylic oxidation sites excluding steroid dienone is 2. The van der Waals surface area contributed by atoms with Gasteiger partial charge in [-0.2, -0.15) is 0 Å². The van der Waals surface area contributed by atoms with Crippen LogP contribution in [0.5, 0.6) is 0 Å². The molecule has 3 amide bonds. The zero-order chi connectivity index (χ0) is 19.4. The molecule has 1 atom stereocenters.